The maximum absolute atomic E-state index is 2.60. The Hall–Kier alpha value is -1.84. The van der Waals surface area contributed by atoms with Gasteiger partial charge in [-0.2, -0.15) is 0 Å². The van der Waals surface area contributed by atoms with E-state index >= 15 is 0 Å². The molecule has 6 aliphatic rings. The van der Waals surface area contributed by atoms with E-state index in [0.717, 1.165) is 0 Å². The van der Waals surface area contributed by atoms with Gasteiger partial charge in [-0.3, -0.25) is 0 Å². The minimum absolute atomic E-state index is 0.0170. The molecule has 1 aromatic rings. The number of fused-ring (bicyclic) bond motifs is 9. The Kier molecular flexibility index (Phi) is 3.46. The first kappa shape index (κ1) is 18.7. The summed E-state index contributed by atoms with van der Waals surface area (Å²) in [5, 5.41) is 0.513. The highest BCUT2D eigenvalue weighted by atomic mass is 32.2. The van der Waals surface area contributed by atoms with E-state index in [9.17, 15) is 0 Å². The number of hydrogen-bond acceptors (Lipinski definition) is 3. The number of hydrogen-bond donors (Lipinski definition) is 0. The first-order chi connectivity index (χ1) is 14.8. The summed E-state index contributed by atoms with van der Waals surface area (Å²) in [4.78, 5) is 5.50. The molecule has 0 bridgehead atoms. The maximum atomic E-state index is 2.60. The fourth-order valence-corrected chi connectivity index (χ4v) is 9.71. The highest BCUT2D eigenvalue weighted by Gasteiger charge is 2.54. The van der Waals surface area contributed by atoms with Gasteiger partial charge in [-0.1, -0.05) is 67.7 Å². The second-order valence-corrected chi connectivity index (χ2v) is 13.1. The molecule has 0 amide bonds. The first-order valence-electron chi connectivity index (χ1n) is 11.3. The van der Waals surface area contributed by atoms with Gasteiger partial charge in [0.05, 0.1) is 6.04 Å². The normalized spacial score (nSPS) is 42.5. The summed E-state index contributed by atoms with van der Waals surface area (Å²) >= 11 is 4.10. The summed E-state index contributed by atoms with van der Waals surface area (Å²) in [5.41, 5.74) is 6.07. The van der Waals surface area contributed by atoms with E-state index < -0.39 is 0 Å². The number of benzene rings is 1. The second kappa shape index (κ2) is 5.74. The Morgan fingerprint density at radius 2 is 1.74 bits per heavy atom. The van der Waals surface area contributed by atoms with Crippen molar-refractivity contribution < 1.29 is 0 Å². The fraction of sp³-hybridized carbons (Fsp3) is 0.357. The Morgan fingerprint density at radius 1 is 0.935 bits per heavy atom. The third kappa shape index (κ3) is 2.17. The van der Waals surface area contributed by atoms with Gasteiger partial charge in [0.2, 0.25) is 0 Å². The molecular formula is C28H27NS2. The molecule has 3 heteroatoms. The standard InChI is InChI=1S/C28H27NS2/c1-26-11-7-6-10-25(26)30-23-16-27(2)19-14-22-17(18-9-5-8-12-28(18,3)31-22)13-21(19)29(4)24(27)15-20(23)26/h5-16,18,24-25H,1-4H3. The molecule has 3 heterocycles. The molecule has 0 radical (unpaired) electrons. The Bertz CT molecular complexity index is 1230. The van der Waals surface area contributed by atoms with Crippen LogP contribution < -0.4 is 4.90 Å². The number of nitrogens with zero attached hydrogens (tertiary/aromatic N) is 1. The van der Waals surface area contributed by atoms with Crippen LogP contribution in [0.2, 0.25) is 0 Å². The molecular weight excluding hydrogens is 414 g/mol. The zero-order valence-corrected chi connectivity index (χ0v) is 20.1. The van der Waals surface area contributed by atoms with Crippen LogP contribution in [0.5, 0.6) is 0 Å². The summed E-state index contributed by atoms with van der Waals surface area (Å²) in [6.45, 7) is 7.26. The highest BCUT2D eigenvalue weighted by molar-refractivity contribution is 8.04. The Morgan fingerprint density at radius 3 is 2.61 bits per heavy atom. The third-order valence-corrected chi connectivity index (χ3v) is 11.4. The van der Waals surface area contributed by atoms with E-state index in [1.807, 2.05) is 11.8 Å². The van der Waals surface area contributed by atoms with E-state index in [0.29, 0.717) is 17.2 Å². The molecule has 1 nitrogen and oxygen atoms in total. The largest absolute Gasteiger partial charge is 0.367 e. The van der Waals surface area contributed by atoms with Gasteiger partial charge in [0.1, 0.15) is 0 Å². The monoisotopic (exact) mass is 441 g/mol. The fourth-order valence-electron chi connectivity index (χ4n) is 6.65. The Balaban J connectivity index is 1.38. The van der Waals surface area contributed by atoms with Crippen molar-refractivity contribution in [3.05, 3.63) is 94.5 Å². The van der Waals surface area contributed by atoms with Gasteiger partial charge >= 0.3 is 0 Å². The van der Waals surface area contributed by atoms with Crippen LogP contribution >= 0.6 is 23.5 Å². The van der Waals surface area contributed by atoms with Crippen LogP contribution in [-0.4, -0.2) is 23.1 Å². The molecule has 3 aliphatic carbocycles. The van der Waals surface area contributed by atoms with Crippen molar-refractivity contribution in [2.45, 2.75) is 53.0 Å². The van der Waals surface area contributed by atoms with Crippen molar-refractivity contribution in [1.82, 2.24) is 0 Å². The van der Waals surface area contributed by atoms with Crippen molar-refractivity contribution in [1.29, 1.82) is 0 Å². The van der Waals surface area contributed by atoms with E-state index in [2.05, 4.69) is 117 Å². The lowest BCUT2D eigenvalue weighted by molar-refractivity contribution is 0.503. The number of thioether (sulfide) groups is 2. The van der Waals surface area contributed by atoms with Gasteiger partial charge in [0.25, 0.3) is 0 Å². The molecule has 0 aromatic heterocycles. The lowest BCUT2D eigenvalue weighted by atomic mass is 9.68. The minimum atomic E-state index is 0.0170. The second-order valence-electron chi connectivity index (χ2n) is 10.4. The SMILES string of the molecule is CN1c2cc3c(cc2C2(C)C=C4SC5C=CC=CC5(C)C4=CC12)SC1(C)C=CC=CC31. The van der Waals surface area contributed by atoms with Crippen molar-refractivity contribution in [3.63, 3.8) is 0 Å². The summed E-state index contributed by atoms with van der Waals surface area (Å²) in [6, 6.07) is 5.41. The van der Waals surface area contributed by atoms with Crippen molar-refractivity contribution in [2.24, 2.45) is 5.41 Å². The van der Waals surface area contributed by atoms with Crippen molar-refractivity contribution in [2.75, 3.05) is 11.9 Å². The molecule has 1 aromatic carbocycles. The smallest absolute Gasteiger partial charge is 0.0606 e. The van der Waals surface area contributed by atoms with Gasteiger partial charge in [-0.15, -0.1) is 23.5 Å². The molecule has 1 saturated heterocycles. The van der Waals surface area contributed by atoms with E-state index in [1.54, 1.807) is 0 Å². The lowest BCUT2D eigenvalue weighted by Crippen LogP contribution is -2.41. The topological polar surface area (TPSA) is 3.24 Å². The van der Waals surface area contributed by atoms with Crippen LogP contribution in [0.1, 0.15) is 37.8 Å². The van der Waals surface area contributed by atoms with Crippen molar-refractivity contribution >= 4 is 29.2 Å². The summed E-state index contributed by atoms with van der Waals surface area (Å²) in [6.07, 6.45) is 23.6. The van der Waals surface area contributed by atoms with Gasteiger partial charge < -0.3 is 4.90 Å². The number of rotatable bonds is 0. The predicted molar refractivity (Wildman–Crippen MR) is 135 cm³/mol. The molecule has 0 spiro atoms. The molecule has 31 heavy (non-hydrogen) atoms. The highest BCUT2D eigenvalue weighted by Crippen LogP contribution is 2.63. The van der Waals surface area contributed by atoms with Crippen LogP contribution in [0, 0.1) is 5.41 Å². The van der Waals surface area contributed by atoms with E-state index in [-0.39, 0.29) is 15.6 Å². The van der Waals surface area contributed by atoms with Gasteiger partial charge in [-0.25, -0.2) is 0 Å². The Labute approximate surface area is 193 Å². The maximum Gasteiger partial charge on any atom is 0.0606 e. The number of allylic oxidation sites excluding steroid dienone is 7. The molecule has 6 unspecified atom stereocenters. The molecule has 7 rings (SSSR count). The van der Waals surface area contributed by atoms with Crippen LogP contribution in [0.3, 0.4) is 0 Å². The first-order valence-corrected chi connectivity index (χ1v) is 13.0. The molecule has 156 valence electrons. The predicted octanol–water partition coefficient (Wildman–Crippen LogP) is 6.91. The molecule has 3 aliphatic heterocycles. The molecule has 6 atom stereocenters. The molecule has 1 fully saturated rings. The third-order valence-electron chi connectivity index (χ3n) is 8.53. The average molecular weight is 442 g/mol. The van der Waals surface area contributed by atoms with Gasteiger partial charge in [-0.05, 0) is 42.7 Å². The summed E-state index contributed by atoms with van der Waals surface area (Å²) < 4.78 is 0.146. The quantitative estimate of drug-likeness (QED) is 0.431. The zero-order valence-electron chi connectivity index (χ0n) is 18.4. The number of anilines is 1. The van der Waals surface area contributed by atoms with Crippen LogP contribution in [0.15, 0.2) is 88.3 Å². The summed E-state index contributed by atoms with van der Waals surface area (Å²) in [7, 11) is 2.30. The zero-order chi connectivity index (χ0) is 21.2. The lowest BCUT2D eigenvalue weighted by Gasteiger charge is -2.37. The number of likely N-dealkylation sites (N-methyl/N-ethyl adjacent to an activating group) is 1. The van der Waals surface area contributed by atoms with Crippen LogP contribution in [0.4, 0.5) is 5.69 Å². The molecule has 0 saturated carbocycles. The average Bonchev–Trinajstić information content (AvgIpc) is 3.27. The van der Waals surface area contributed by atoms with Crippen LogP contribution in [-0.2, 0) is 5.41 Å². The summed E-state index contributed by atoms with van der Waals surface area (Å²) in [5.74, 6) is 0.470. The minimum Gasteiger partial charge on any atom is -0.367 e. The van der Waals surface area contributed by atoms with Crippen molar-refractivity contribution in [3.8, 4) is 0 Å². The van der Waals surface area contributed by atoms with Gasteiger partial charge in [0, 0.05) is 49.3 Å². The van der Waals surface area contributed by atoms with E-state index in [1.165, 1.54) is 32.2 Å². The van der Waals surface area contributed by atoms with E-state index in [4.69, 9.17) is 0 Å². The molecule has 0 N–H and O–H groups in total. The van der Waals surface area contributed by atoms with Crippen LogP contribution in [0.25, 0.3) is 0 Å². The van der Waals surface area contributed by atoms with Gasteiger partial charge in [0.15, 0.2) is 0 Å².